The number of hydrogen-bond donors (Lipinski definition) is 1. The van der Waals surface area contributed by atoms with Crippen molar-refractivity contribution in [2.75, 3.05) is 13.6 Å². The SMILES string of the molecule is CCC(C)C(O)CN(C)Cc1ccccc1C. The molecule has 2 unspecified atom stereocenters. The summed E-state index contributed by atoms with van der Waals surface area (Å²) in [5.41, 5.74) is 2.66. The number of hydrogen-bond acceptors (Lipinski definition) is 2. The van der Waals surface area contributed by atoms with Crippen molar-refractivity contribution < 1.29 is 5.11 Å². The zero-order valence-electron chi connectivity index (χ0n) is 11.5. The summed E-state index contributed by atoms with van der Waals surface area (Å²) in [4.78, 5) is 2.19. The van der Waals surface area contributed by atoms with E-state index < -0.39 is 0 Å². The molecule has 0 aliphatic rings. The molecule has 0 saturated carbocycles. The topological polar surface area (TPSA) is 23.5 Å². The van der Waals surface area contributed by atoms with Gasteiger partial charge in [-0.1, -0.05) is 44.5 Å². The minimum atomic E-state index is -0.228. The molecule has 0 aromatic heterocycles. The van der Waals surface area contributed by atoms with Crippen molar-refractivity contribution in [1.29, 1.82) is 0 Å². The van der Waals surface area contributed by atoms with E-state index in [4.69, 9.17) is 0 Å². The highest BCUT2D eigenvalue weighted by atomic mass is 16.3. The Labute approximate surface area is 105 Å². The number of aliphatic hydroxyl groups is 1. The third-order valence-electron chi connectivity index (χ3n) is 3.50. The summed E-state index contributed by atoms with van der Waals surface area (Å²) in [5, 5.41) is 9.99. The first-order valence-corrected chi connectivity index (χ1v) is 6.45. The lowest BCUT2D eigenvalue weighted by molar-refractivity contribution is 0.0754. The van der Waals surface area contributed by atoms with E-state index in [1.807, 2.05) is 0 Å². The maximum Gasteiger partial charge on any atom is 0.0692 e. The Kier molecular flexibility index (Phi) is 5.66. The number of rotatable bonds is 6. The van der Waals surface area contributed by atoms with Crippen LogP contribution < -0.4 is 0 Å². The van der Waals surface area contributed by atoms with Crippen LogP contribution in [-0.4, -0.2) is 29.7 Å². The molecule has 1 aromatic rings. The first kappa shape index (κ1) is 14.2. The number of benzene rings is 1. The molecule has 2 atom stereocenters. The molecule has 2 heteroatoms. The molecule has 96 valence electrons. The second kappa shape index (κ2) is 6.77. The van der Waals surface area contributed by atoms with Crippen LogP contribution in [0.4, 0.5) is 0 Å². The highest BCUT2D eigenvalue weighted by molar-refractivity contribution is 5.25. The molecule has 1 rings (SSSR count). The lowest BCUT2D eigenvalue weighted by Crippen LogP contribution is -2.32. The van der Waals surface area contributed by atoms with E-state index in [9.17, 15) is 5.11 Å². The third kappa shape index (κ3) is 4.49. The Hall–Kier alpha value is -0.860. The number of aliphatic hydroxyl groups excluding tert-OH is 1. The number of likely N-dealkylation sites (N-methyl/N-ethyl adjacent to an activating group) is 1. The Bertz CT molecular complexity index is 337. The number of aryl methyl sites for hydroxylation is 1. The summed E-state index contributed by atoms with van der Waals surface area (Å²) in [5.74, 6) is 0.370. The maximum atomic E-state index is 9.99. The van der Waals surface area contributed by atoms with Gasteiger partial charge in [-0.3, -0.25) is 4.90 Å². The summed E-state index contributed by atoms with van der Waals surface area (Å²) < 4.78 is 0. The lowest BCUT2D eigenvalue weighted by Gasteiger charge is -2.24. The summed E-state index contributed by atoms with van der Waals surface area (Å²) in [7, 11) is 2.07. The lowest BCUT2D eigenvalue weighted by atomic mass is 10.0. The molecular weight excluding hydrogens is 210 g/mol. The first-order chi connectivity index (χ1) is 8.04. The fourth-order valence-corrected chi connectivity index (χ4v) is 1.91. The minimum Gasteiger partial charge on any atom is -0.392 e. The molecule has 0 aliphatic carbocycles. The van der Waals surface area contributed by atoms with E-state index in [1.54, 1.807) is 0 Å². The van der Waals surface area contributed by atoms with Crippen LogP contribution >= 0.6 is 0 Å². The van der Waals surface area contributed by atoms with Gasteiger partial charge in [-0.05, 0) is 31.0 Å². The zero-order valence-corrected chi connectivity index (χ0v) is 11.5. The molecule has 0 saturated heterocycles. The quantitative estimate of drug-likeness (QED) is 0.819. The van der Waals surface area contributed by atoms with Gasteiger partial charge < -0.3 is 5.11 Å². The van der Waals surface area contributed by atoms with Crippen molar-refractivity contribution in [1.82, 2.24) is 4.90 Å². The molecule has 0 aliphatic heterocycles. The molecular formula is C15H25NO. The van der Waals surface area contributed by atoms with Gasteiger partial charge >= 0.3 is 0 Å². The van der Waals surface area contributed by atoms with Crippen molar-refractivity contribution in [3.05, 3.63) is 35.4 Å². The van der Waals surface area contributed by atoms with Crippen LogP contribution in [0.25, 0.3) is 0 Å². The van der Waals surface area contributed by atoms with Gasteiger partial charge in [0.05, 0.1) is 6.10 Å². The first-order valence-electron chi connectivity index (χ1n) is 6.45. The fraction of sp³-hybridized carbons (Fsp3) is 0.600. The zero-order chi connectivity index (χ0) is 12.8. The Morgan fingerprint density at radius 1 is 1.29 bits per heavy atom. The van der Waals surface area contributed by atoms with Crippen LogP contribution in [0.3, 0.4) is 0 Å². The predicted molar refractivity (Wildman–Crippen MR) is 73.0 cm³/mol. The van der Waals surface area contributed by atoms with Crippen LogP contribution in [0.5, 0.6) is 0 Å². The average molecular weight is 235 g/mol. The van der Waals surface area contributed by atoms with Crippen molar-refractivity contribution in [3.63, 3.8) is 0 Å². The molecule has 0 spiro atoms. The van der Waals surface area contributed by atoms with Crippen LogP contribution in [0.2, 0.25) is 0 Å². The van der Waals surface area contributed by atoms with Crippen LogP contribution in [0.15, 0.2) is 24.3 Å². The van der Waals surface area contributed by atoms with Gasteiger partial charge in [0.1, 0.15) is 0 Å². The summed E-state index contributed by atoms with van der Waals surface area (Å²) >= 11 is 0. The van der Waals surface area contributed by atoms with Crippen molar-refractivity contribution in [2.45, 2.75) is 39.8 Å². The normalized spacial score (nSPS) is 14.9. The van der Waals surface area contributed by atoms with Crippen molar-refractivity contribution >= 4 is 0 Å². The largest absolute Gasteiger partial charge is 0.392 e. The maximum absolute atomic E-state index is 9.99. The van der Waals surface area contributed by atoms with Gasteiger partial charge in [0.2, 0.25) is 0 Å². The molecule has 17 heavy (non-hydrogen) atoms. The molecule has 0 bridgehead atoms. The van der Waals surface area contributed by atoms with Gasteiger partial charge in [-0.25, -0.2) is 0 Å². The number of nitrogens with zero attached hydrogens (tertiary/aromatic N) is 1. The summed E-state index contributed by atoms with van der Waals surface area (Å²) in [6.45, 7) is 8.00. The Morgan fingerprint density at radius 3 is 2.53 bits per heavy atom. The Balaban J connectivity index is 2.50. The predicted octanol–water partition coefficient (Wildman–Crippen LogP) is 2.83. The van der Waals surface area contributed by atoms with Gasteiger partial charge in [0, 0.05) is 13.1 Å². The standard InChI is InChI=1S/C15H25NO/c1-5-12(2)15(17)11-16(4)10-14-9-7-6-8-13(14)3/h6-9,12,15,17H,5,10-11H2,1-4H3. The summed E-state index contributed by atoms with van der Waals surface area (Å²) in [6, 6.07) is 8.42. The van der Waals surface area contributed by atoms with Gasteiger partial charge in [-0.2, -0.15) is 0 Å². The highest BCUT2D eigenvalue weighted by Crippen LogP contribution is 2.12. The van der Waals surface area contributed by atoms with Crippen LogP contribution in [0.1, 0.15) is 31.4 Å². The second-order valence-electron chi connectivity index (χ2n) is 5.08. The van der Waals surface area contributed by atoms with Crippen molar-refractivity contribution in [3.8, 4) is 0 Å². The monoisotopic (exact) mass is 235 g/mol. The molecule has 1 aromatic carbocycles. The van der Waals surface area contributed by atoms with E-state index in [-0.39, 0.29) is 6.10 Å². The fourth-order valence-electron chi connectivity index (χ4n) is 1.91. The van der Waals surface area contributed by atoms with E-state index in [0.29, 0.717) is 5.92 Å². The second-order valence-corrected chi connectivity index (χ2v) is 5.08. The van der Waals surface area contributed by atoms with Crippen LogP contribution in [0, 0.1) is 12.8 Å². The van der Waals surface area contributed by atoms with E-state index in [0.717, 1.165) is 19.5 Å². The van der Waals surface area contributed by atoms with Gasteiger partial charge in [-0.15, -0.1) is 0 Å². The molecule has 0 fully saturated rings. The molecule has 1 N–H and O–H groups in total. The van der Waals surface area contributed by atoms with Crippen LogP contribution in [-0.2, 0) is 6.54 Å². The molecule has 0 heterocycles. The average Bonchev–Trinajstić information content (AvgIpc) is 2.31. The molecule has 0 radical (unpaired) electrons. The smallest absolute Gasteiger partial charge is 0.0692 e. The highest BCUT2D eigenvalue weighted by Gasteiger charge is 2.14. The van der Waals surface area contributed by atoms with E-state index in [1.165, 1.54) is 11.1 Å². The Morgan fingerprint density at radius 2 is 1.94 bits per heavy atom. The van der Waals surface area contributed by atoms with Gasteiger partial charge in [0.15, 0.2) is 0 Å². The van der Waals surface area contributed by atoms with E-state index >= 15 is 0 Å². The van der Waals surface area contributed by atoms with E-state index in [2.05, 4.69) is 57.0 Å². The molecule has 2 nitrogen and oxygen atoms in total. The van der Waals surface area contributed by atoms with Crippen molar-refractivity contribution in [2.24, 2.45) is 5.92 Å². The van der Waals surface area contributed by atoms with Gasteiger partial charge in [0.25, 0.3) is 0 Å². The minimum absolute atomic E-state index is 0.228. The summed E-state index contributed by atoms with van der Waals surface area (Å²) in [6.07, 6.45) is 0.799. The third-order valence-corrected chi connectivity index (χ3v) is 3.50. The molecule has 0 amide bonds.